The molecule has 96 valence electrons. The molecule has 0 aliphatic heterocycles. The molecule has 4 atom stereocenters. The Morgan fingerprint density at radius 3 is 2.76 bits per heavy atom. The maximum atomic E-state index is 12.0. The zero-order valence-electron chi connectivity index (χ0n) is 10.6. The van der Waals surface area contributed by atoms with E-state index in [1.165, 1.54) is 19.3 Å². The van der Waals surface area contributed by atoms with Crippen LogP contribution in [-0.4, -0.2) is 18.1 Å². The van der Waals surface area contributed by atoms with E-state index in [9.17, 15) is 4.79 Å². The molecule has 2 aliphatic carbocycles. The standard InChI is InChI=1S/C14H23NO2/c1-2-10-5-3-4-6-13(10)17-14(16)11-7-8-12(15)9-11/h7-8,10-13H,2-6,9,15H2,1H3. The summed E-state index contributed by atoms with van der Waals surface area (Å²) in [7, 11) is 0. The molecule has 17 heavy (non-hydrogen) atoms. The first kappa shape index (κ1) is 12.6. The van der Waals surface area contributed by atoms with Crippen LogP contribution in [0.1, 0.15) is 45.4 Å². The van der Waals surface area contributed by atoms with Crippen LogP contribution >= 0.6 is 0 Å². The van der Waals surface area contributed by atoms with Gasteiger partial charge in [0.2, 0.25) is 0 Å². The number of ether oxygens (including phenoxy) is 1. The van der Waals surface area contributed by atoms with Gasteiger partial charge in [0.25, 0.3) is 0 Å². The van der Waals surface area contributed by atoms with Crippen LogP contribution in [0.25, 0.3) is 0 Å². The predicted octanol–water partition coefficient (Wildman–Crippen LogP) is 2.40. The van der Waals surface area contributed by atoms with Crippen LogP contribution in [0.2, 0.25) is 0 Å². The van der Waals surface area contributed by atoms with E-state index in [-0.39, 0.29) is 24.0 Å². The first-order chi connectivity index (χ1) is 8.20. The number of carbonyl (C=O) groups excluding carboxylic acids is 1. The summed E-state index contributed by atoms with van der Waals surface area (Å²) >= 11 is 0. The average Bonchev–Trinajstić information content (AvgIpc) is 2.77. The summed E-state index contributed by atoms with van der Waals surface area (Å²) in [5.41, 5.74) is 5.75. The molecule has 2 rings (SSSR count). The lowest BCUT2D eigenvalue weighted by Gasteiger charge is -2.31. The van der Waals surface area contributed by atoms with Crippen molar-refractivity contribution in [2.24, 2.45) is 17.6 Å². The van der Waals surface area contributed by atoms with Gasteiger partial charge in [0.15, 0.2) is 0 Å². The number of rotatable bonds is 3. The highest BCUT2D eigenvalue weighted by Gasteiger charge is 2.30. The molecule has 0 aromatic heterocycles. The van der Waals surface area contributed by atoms with Crippen molar-refractivity contribution in [2.45, 2.75) is 57.6 Å². The van der Waals surface area contributed by atoms with Crippen molar-refractivity contribution in [3.63, 3.8) is 0 Å². The van der Waals surface area contributed by atoms with Crippen molar-refractivity contribution in [3.8, 4) is 0 Å². The Morgan fingerprint density at radius 2 is 2.12 bits per heavy atom. The Bertz CT molecular complexity index is 301. The van der Waals surface area contributed by atoms with Gasteiger partial charge in [-0.05, 0) is 38.0 Å². The lowest BCUT2D eigenvalue weighted by atomic mass is 9.84. The molecule has 1 fully saturated rings. The predicted molar refractivity (Wildman–Crippen MR) is 67.4 cm³/mol. The second kappa shape index (κ2) is 5.67. The molecule has 3 heteroatoms. The van der Waals surface area contributed by atoms with Gasteiger partial charge in [-0.25, -0.2) is 0 Å². The summed E-state index contributed by atoms with van der Waals surface area (Å²) in [5.74, 6) is 0.385. The minimum Gasteiger partial charge on any atom is -0.462 e. The van der Waals surface area contributed by atoms with Gasteiger partial charge < -0.3 is 10.5 Å². The summed E-state index contributed by atoms with van der Waals surface area (Å²) in [4.78, 5) is 12.0. The third-order valence-corrected chi connectivity index (χ3v) is 4.05. The summed E-state index contributed by atoms with van der Waals surface area (Å²) in [6.07, 6.45) is 10.5. The maximum absolute atomic E-state index is 12.0. The SMILES string of the molecule is CCC1CCCCC1OC(=O)C1C=CC(N)C1. The number of hydrogen-bond acceptors (Lipinski definition) is 3. The van der Waals surface area contributed by atoms with Crippen LogP contribution in [0, 0.1) is 11.8 Å². The van der Waals surface area contributed by atoms with E-state index < -0.39 is 0 Å². The third-order valence-electron chi connectivity index (χ3n) is 4.05. The summed E-state index contributed by atoms with van der Waals surface area (Å²) in [6.45, 7) is 2.18. The molecule has 0 heterocycles. The van der Waals surface area contributed by atoms with Crippen LogP contribution in [0.5, 0.6) is 0 Å². The smallest absolute Gasteiger partial charge is 0.313 e. The minimum atomic E-state index is -0.107. The van der Waals surface area contributed by atoms with Crippen molar-refractivity contribution in [1.29, 1.82) is 0 Å². The van der Waals surface area contributed by atoms with E-state index in [0.29, 0.717) is 12.3 Å². The molecule has 3 nitrogen and oxygen atoms in total. The van der Waals surface area contributed by atoms with Crippen molar-refractivity contribution < 1.29 is 9.53 Å². The lowest BCUT2D eigenvalue weighted by molar-refractivity contribution is -0.157. The quantitative estimate of drug-likeness (QED) is 0.605. The molecule has 2 aliphatic rings. The normalized spacial score (nSPS) is 37.1. The second-order valence-corrected chi connectivity index (χ2v) is 5.32. The Balaban J connectivity index is 1.87. The lowest BCUT2D eigenvalue weighted by Crippen LogP contribution is -2.32. The van der Waals surface area contributed by atoms with Gasteiger partial charge in [-0.3, -0.25) is 4.79 Å². The Hall–Kier alpha value is -0.830. The fraction of sp³-hybridized carbons (Fsp3) is 0.786. The fourth-order valence-electron chi connectivity index (χ4n) is 2.93. The van der Waals surface area contributed by atoms with Crippen LogP contribution < -0.4 is 5.73 Å². The molecule has 0 bridgehead atoms. The molecule has 4 unspecified atom stereocenters. The molecule has 1 saturated carbocycles. The number of nitrogens with two attached hydrogens (primary N) is 1. The molecule has 0 aromatic rings. The van der Waals surface area contributed by atoms with Crippen LogP contribution in [0.15, 0.2) is 12.2 Å². The molecule has 2 N–H and O–H groups in total. The largest absolute Gasteiger partial charge is 0.462 e. The minimum absolute atomic E-state index is 0.0286. The van der Waals surface area contributed by atoms with Gasteiger partial charge in [-0.15, -0.1) is 0 Å². The Labute approximate surface area is 103 Å². The first-order valence-electron chi connectivity index (χ1n) is 6.85. The van der Waals surface area contributed by atoms with Gasteiger partial charge >= 0.3 is 5.97 Å². The van der Waals surface area contributed by atoms with Crippen LogP contribution in [0.4, 0.5) is 0 Å². The highest BCUT2D eigenvalue weighted by molar-refractivity contribution is 5.75. The highest BCUT2D eigenvalue weighted by Crippen LogP contribution is 2.30. The molecule has 0 spiro atoms. The van der Waals surface area contributed by atoms with Gasteiger partial charge in [0, 0.05) is 6.04 Å². The Morgan fingerprint density at radius 1 is 1.35 bits per heavy atom. The Kier molecular flexibility index (Phi) is 4.21. The van der Waals surface area contributed by atoms with E-state index in [1.54, 1.807) is 0 Å². The van der Waals surface area contributed by atoms with E-state index in [4.69, 9.17) is 10.5 Å². The third kappa shape index (κ3) is 3.09. The molecule has 0 radical (unpaired) electrons. The topological polar surface area (TPSA) is 52.3 Å². The first-order valence-corrected chi connectivity index (χ1v) is 6.85. The van der Waals surface area contributed by atoms with Crippen LogP contribution in [-0.2, 0) is 9.53 Å². The molecule has 0 amide bonds. The van der Waals surface area contributed by atoms with E-state index in [0.717, 1.165) is 12.8 Å². The van der Waals surface area contributed by atoms with Crippen LogP contribution in [0.3, 0.4) is 0 Å². The summed E-state index contributed by atoms with van der Waals surface area (Å²) in [6, 6.07) is 0.0286. The van der Waals surface area contributed by atoms with Gasteiger partial charge in [-0.2, -0.15) is 0 Å². The number of esters is 1. The summed E-state index contributed by atoms with van der Waals surface area (Å²) < 4.78 is 5.68. The number of carbonyl (C=O) groups is 1. The number of hydrogen-bond donors (Lipinski definition) is 1. The van der Waals surface area contributed by atoms with Gasteiger partial charge in [0.1, 0.15) is 6.10 Å². The molecule has 0 saturated heterocycles. The van der Waals surface area contributed by atoms with Crippen molar-refractivity contribution in [2.75, 3.05) is 0 Å². The van der Waals surface area contributed by atoms with E-state index in [2.05, 4.69) is 6.92 Å². The van der Waals surface area contributed by atoms with E-state index >= 15 is 0 Å². The molecular formula is C14H23NO2. The van der Waals surface area contributed by atoms with Gasteiger partial charge in [-0.1, -0.05) is 25.5 Å². The maximum Gasteiger partial charge on any atom is 0.313 e. The van der Waals surface area contributed by atoms with Crippen molar-refractivity contribution in [1.82, 2.24) is 0 Å². The van der Waals surface area contributed by atoms with Crippen molar-refractivity contribution in [3.05, 3.63) is 12.2 Å². The second-order valence-electron chi connectivity index (χ2n) is 5.32. The fourth-order valence-corrected chi connectivity index (χ4v) is 2.93. The zero-order chi connectivity index (χ0) is 12.3. The zero-order valence-corrected chi connectivity index (χ0v) is 10.6. The average molecular weight is 237 g/mol. The summed E-state index contributed by atoms with van der Waals surface area (Å²) in [5, 5.41) is 0. The highest BCUT2D eigenvalue weighted by atomic mass is 16.5. The molecule has 0 aromatic carbocycles. The van der Waals surface area contributed by atoms with Gasteiger partial charge in [0.05, 0.1) is 5.92 Å². The molecular weight excluding hydrogens is 214 g/mol. The monoisotopic (exact) mass is 237 g/mol. The van der Waals surface area contributed by atoms with E-state index in [1.807, 2.05) is 12.2 Å². The van der Waals surface area contributed by atoms with Crippen molar-refractivity contribution >= 4 is 5.97 Å².